The van der Waals surface area contributed by atoms with Gasteiger partial charge in [-0.05, 0) is 56.0 Å². The highest BCUT2D eigenvalue weighted by Gasteiger charge is 2.43. The minimum absolute atomic E-state index is 0.0291. The van der Waals surface area contributed by atoms with E-state index in [9.17, 15) is 9.59 Å². The number of Topliss-reactive ketones (excluding diaryl/α,β-unsaturated/α-hetero) is 1. The molecular weight excluding hydrogens is 462 g/mol. The Morgan fingerprint density at radius 2 is 1.89 bits per heavy atom. The maximum atomic E-state index is 13.5. The maximum Gasteiger partial charge on any atom is 0.336 e. The zero-order valence-electron chi connectivity index (χ0n) is 19.7. The molecule has 0 radical (unpaired) electrons. The molecule has 0 fully saturated rings. The van der Waals surface area contributed by atoms with Crippen LogP contribution in [0.25, 0.3) is 0 Å². The molecule has 6 nitrogen and oxygen atoms in total. The molecule has 1 aliphatic heterocycles. The Morgan fingerprint density at radius 1 is 1.06 bits per heavy atom. The van der Waals surface area contributed by atoms with Crippen LogP contribution in [0.4, 0.5) is 0 Å². The quantitative estimate of drug-likeness (QED) is 0.342. The molecule has 180 valence electrons. The fourth-order valence-corrected chi connectivity index (χ4v) is 5.65. The highest BCUT2D eigenvalue weighted by atomic mass is 32.1. The summed E-state index contributed by atoms with van der Waals surface area (Å²) >= 11 is 1.67. The molecule has 0 bridgehead atoms. The Hall–Kier alpha value is -3.58. The van der Waals surface area contributed by atoms with E-state index in [1.165, 1.54) is 4.88 Å². The van der Waals surface area contributed by atoms with Crippen LogP contribution in [0.3, 0.4) is 0 Å². The average Bonchev–Trinajstić information content (AvgIpc) is 3.53. The van der Waals surface area contributed by atoms with E-state index in [0.29, 0.717) is 41.2 Å². The first-order valence-corrected chi connectivity index (χ1v) is 12.6. The number of allylic oxidation sites excluding steroid dienone is 3. The fourth-order valence-electron chi connectivity index (χ4n) is 4.82. The number of para-hydroxylation sites is 1. The number of ether oxygens (including phenoxy) is 2. The van der Waals surface area contributed by atoms with Crippen LogP contribution in [0, 0.1) is 6.92 Å². The molecule has 3 heterocycles. The molecule has 7 heteroatoms. The van der Waals surface area contributed by atoms with Gasteiger partial charge in [-0.25, -0.2) is 4.79 Å². The van der Waals surface area contributed by atoms with E-state index >= 15 is 0 Å². The van der Waals surface area contributed by atoms with E-state index in [4.69, 9.17) is 13.9 Å². The van der Waals surface area contributed by atoms with Gasteiger partial charge in [-0.1, -0.05) is 24.3 Å². The van der Waals surface area contributed by atoms with Crippen molar-refractivity contribution >= 4 is 23.1 Å². The van der Waals surface area contributed by atoms with Gasteiger partial charge in [0.1, 0.15) is 30.5 Å². The minimum atomic E-state index is -0.598. The summed E-state index contributed by atoms with van der Waals surface area (Å²) in [7, 11) is 0. The van der Waals surface area contributed by atoms with Crippen molar-refractivity contribution in [2.75, 3.05) is 13.2 Å². The number of carbonyl (C=O) groups is 2. The lowest BCUT2D eigenvalue weighted by molar-refractivity contribution is -0.140. The van der Waals surface area contributed by atoms with E-state index in [1.54, 1.807) is 11.3 Å². The normalized spacial score (nSPS) is 19.9. The van der Waals surface area contributed by atoms with Gasteiger partial charge in [0.05, 0.1) is 11.5 Å². The van der Waals surface area contributed by atoms with Gasteiger partial charge in [0, 0.05) is 34.2 Å². The predicted octanol–water partition coefficient (Wildman–Crippen LogP) is 5.63. The standard InChI is InChI=1S/C28H27NO5S/c1-17-10-11-23(34-17)27-25(28(31)33-13-12-32-20-7-4-3-5-8-20)18(2)29-21-15-19(16-22(30)26(21)27)24-9-6-14-35-24/h3-11,14,19,27,29H,12-13,15-16H2,1-2H3/t19-,27+/m1/s1. The van der Waals surface area contributed by atoms with E-state index < -0.39 is 11.9 Å². The largest absolute Gasteiger partial charge is 0.490 e. The Bertz CT molecular complexity index is 1290. The summed E-state index contributed by atoms with van der Waals surface area (Å²) in [6.07, 6.45) is 1.12. The molecule has 0 unspecified atom stereocenters. The second kappa shape index (κ2) is 9.96. The van der Waals surface area contributed by atoms with E-state index in [-0.39, 0.29) is 24.9 Å². The molecular formula is C28H27NO5S. The van der Waals surface area contributed by atoms with Crippen LogP contribution in [0.1, 0.15) is 48.0 Å². The van der Waals surface area contributed by atoms with Crippen LogP contribution in [0.2, 0.25) is 0 Å². The summed E-state index contributed by atoms with van der Waals surface area (Å²) in [5.41, 5.74) is 2.54. The third-order valence-electron chi connectivity index (χ3n) is 6.37. The van der Waals surface area contributed by atoms with Crippen LogP contribution < -0.4 is 10.1 Å². The van der Waals surface area contributed by atoms with Crippen molar-refractivity contribution < 1.29 is 23.5 Å². The molecule has 1 aliphatic carbocycles. The molecule has 3 aromatic rings. The molecule has 2 atom stereocenters. The molecule has 35 heavy (non-hydrogen) atoms. The summed E-state index contributed by atoms with van der Waals surface area (Å²) in [6.45, 7) is 4.03. The number of benzene rings is 1. The number of furan rings is 1. The summed E-state index contributed by atoms with van der Waals surface area (Å²) in [5, 5.41) is 5.40. The van der Waals surface area contributed by atoms with Gasteiger partial charge in [-0.2, -0.15) is 0 Å². The lowest BCUT2D eigenvalue weighted by Gasteiger charge is -2.35. The molecule has 0 saturated carbocycles. The minimum Gasteiger partial charge on any atom is -0.490 e. The lowest BCUT2D eigenvalue weighted by Crippen LogP contribution is -2.36. The Balaban J connectivity index is 1.39. The number of thiophene rings is 1. The van der Waals surface area contributed by atoms with Gasteiger partial charge < -0.3 is 19.2 Å². The number of ketones is 1. The zero-order chi connectivity index (χ0) is 24.4. The SMILES string of the molecule is CC1=C(C(=O)OCCOc2ccccc2)[C@H](c2ccc(C)o2)C2=C(C[C@@H](c3cccs3)CC2=O)N1. The van der Waals surface area contributed by atoms with Crippen molar-refractivity contribution in [3.63, 3.8) is 0 Å². The third-order valence-corrected chi connectivity index (χ3v) is 7.40. The van der Waals surface area contributed by atoms with Crippen LogP contribution in [-0.4, -0.2) is 25.0 Å². The number of nitrogens with one attached hydrogen (secondary N) is 1. The first-order valence-electron chi connectivity index (χ1n) is 11.7. The molecule has 2 aliphatic rings. The number of esters is 1. The number of hydrogen-bond donors (Lipinski definition) is 1. The average molecular weight is 490 g/mol. The fraction of sp³-hybridized carbons (Fsp3) is 0.286. The summed E-state index contributed by atoms with van der Waals surface area (Å²) in [5.74, 6) is 1.09. The maximum absolute atomic E-state index is 13.5. The number of dihydropyridines is 1. The molecule has 2 aromatic heterocycles. The van der Waals surface area contributed by atoms with Gasteiger partial charge in [-0.3, -0.25) is 4.79 Å². The highest BCUT2D eigenvalue weighted by Crippen LogP contribution is 2.46. The number of aryl methyl sites for hydroxylation is 1. The van der Waals surface area contributed by atoms with Crippen molar-refractivity contribution in [3.8, 4) is 5.75 Å². The topological polar surface area (TPSA) is 77.8 Å². The second-order valence-electron chi connectivity index (χ2n) is 8.78. The molecule has 0 amide bonds. The smallest absolute Gasteiger partial charge is 0.336 e. The number of hydrogen-bond acceptors (Lipinski definition) is 7. The first-order chi connectivity index (χ1) is 17.0. The Morgan fingerprint density at radius 3 is 2.60 bits per heavy atom. The lowest BCUT2D eigenvalue weighted by atomic mass is 9.74. The van der Waals surface area contributed by atoms with Crippen LogP contribution >= 0.6 is 11.3 Å². The molecule has 0 spiro atoms. The third kappa shape index (κ3) is 4.82. The summed E-state index contributed by atoms with van der Waals surface area (Å²) in [6, 6.07) is 17.2. The first kappa shape index (κ1) is 23.2. The van der Waals surface area contributed by atoms with Crippen molar-refractivity contribution in [2.45, 2.75) is 38.5 Å². The molecule has 1 N–H and O–H groups in total. The van der Waals surface area contributed by atoms with E-state index in [2.05, 4.69) is 11.4 Å². The van der Waals surface area contributed by atoms with Gasteiger partial charge in [0.2, 0.25) is 0 Å². The van der Waals surface area contributed by atoms with Gasteiger partial charge in [0.15, 0.2) is 5.78 Å². The van der Waals surface area contributed by atoms with Crippen LogP contribution in [0.15, 0.2) is 86.9 Å². The Kier molecular flexibility index (Phi) is 6.59. The Labute approximate surface area is 208 Å². The van der Waals surface area contributed by atoms with Gasteiger partial charge in [-0.15, -0.1) is 11.3 Å². The summed E-state index contributed by atoms with van der Waals surface area (Å²) in [4.78, 5) is 28.0. The van der Waals surface area contributed by atoms with Crippen molar-refractivity contribution in [2.24, 2.45) is 0 Å². The van der Waals surface area contributed by atoms with Gasteiger partial charge >= 0.3 is 5.97 Å². The zero-order valence-corrected chi connectivity index (χ0v) is 20.5. The number of rotatable bonds is 7. The van der Waals surface area contributed by atoms with Crippen LogP contribution in [0.5, 0.6) is 5.75 Å². The van der Waals surface area contributed by atoms with Crippen LogP contribution in [-0.2, 0) is 14.3 Å². The second-order valence-corrected chi connectivity index (χ2v) is 9.76. The number of carbonyl (C=O) groups excluding carboxylic acids is 2. The molecule has 1 aromatic carbocycles. The molecule has 0 saturated heterocycles. The van der Waals surface area contributed by atoms with Crippen molar-refractivity contribution in [1.82, 2.24) is 5.32 Å². The molecule has 5 rings (SSSR count). The van der Waals surface area contributed by atoms with Crippen molar-refractivity contribution in [1.29, 1.82) is 0 Å². The predicted molar refractivity (Wildman–Crippen MR) is 133 cm³/mol. The van der Waals surface area contributed by atoms with E-state index in [0.717, 1.165) is 11.5 Å². The summed E-state index contributed by atoms with van der Waals surface area (Å²) < 4.78 is 17.2. The monoisotopic (exact) mass is 489 g/mol. The van der Waals surface area contributed by atoms with Crippen molar-refractivity contribution in [3.05, 3.63) is 98.9 Å². The highest BCUT2D eigenvalue weighted by molar-refractivity contribution is 7.10. The van der Waals surface area contributed by atoms with Gasteiger partial charge in [0.25, 0.3) is 0 Å². The van der Waals surface area contributed by atoms with E-state index in [1.807, 2.05) is 67.8 Å².